The molecule has 2 aromatic carbocycles. The molecule has 32 heavy (non-hydrogen) atoms. The number of alkyl halides is 3. The molecule has 3 aromatic rings. The number of fused-ring (bicyclic) bond motifs is 3. The van der Waals surface area contributed by atoms with Crippen molar-refractivity contribution in [2.24, 2.45) is 0 Å². The number of amides is 1. The summed E-state index contributed by atoms with van der Waals surface area (Å²) in [5.74, 6) is -4.86. The molecular formula is C21H14F6N2O3. The predicted molar refractivity (Wildman–Crippen MR) is 100 cm³/mol. The number of aromatic nitrogens is 1. The number of pyridine rings is 1. The van der Waals surface area contributed by atoms with Gasteiger partial charge in [-0.25, -0.2) is 13.2 Å². The molecule has 0 saturated heterocycles. The number of halogens is 6. The van der Waals surface area contributed by atoms with Gasteiger partial charge in [0, 0.05) is 23.9 Å². The minimum atomic E-state index is -4.92. The van der Waals surface area contributed by atoms with Gasteiger partial charge in [0.1, 0.15) is 5.82 Å². The Labute approximate surface area is 176 Å². The number of benzene rings is 2. The molecule has 1 atom stereocenters. The van der Waals surface area contributed by atoms with Crippen molar-refractivity contribution >= 4 is 16.7 Å². The van der Waals surface area contributed by atoms with E-state index in [1.54, 1.807) is 0 Å². The van der Waals surface area contributed by atoms with Crippen molar-refractivity contribution in [3.63, 3.8) is 0 Å². The molecule has 1 amide bonds. The summed E-state index contributed by atoms with van der Waals surface area (Å²) < 4.78 is 85.4. The van der Waals surface area contributed by atoms with Gasteiger partial charge in [0.15, 0.2) is 11.6 Å². The number of hydrogen-bond acceptors (Lipinski definition) is 3. The second-order valence-corrected chi connectivity index (χ2v) is 7.30. The van der Waals surface area contributed by atoms with E-state index in [4.69, 9.17) is 4.74 Å². The summed E-state index contributed by atoms with van der Waals surface area (Å²) in [5.41, 5.74) is -2.00. The molecular weight excluding hydrogens is 442 g/mol. The molecule has 11 heteroatoms. The largest absolute Gasteiger partial charge is 0.419 e. The highest BCUT2D eigenvalue weighted by Gasteiger charge is 2.35. The van der Waals surface area contributed by atoms with Crippen LogP contribution >= 0.6 is 0 Å². The topological polar surface area (TPSA) is 62.4 Å². The van der Waals surface area contributed by atoms with E-state index in [0.717, 1.165) is 23.1 Å². The van der Waals surface area contributed by atoms with Crippen LogP contribution in [0.25, 0.3) is 10.8 Å². The van der Waals surface area contributed by atoms with Gasteiger partial charge >= 0.3 is 6.18 Å². The number of H-pyrrole nitrogens is 1. The van der Waals surface area contributed by atoms with Crippen LogP contribution in [0, 0.1) is 17.5 Å². The molecule has 0 fully saturated rings. The third kappa shape index (κ3) is 3.62. The zero-order valence-electron chi connectivity index (χ0n) is 16.3. The van der Waals surface area contributed by atoms with E-state index in [1.165, 1.54) is 7.05 Å². The Hall–Kier alpha value is -3.34. The maximum absolute atomic E-state index is 14.0. The van der Waals surface area contributed by atoms with E-state index in [1.807, 2.05) is 0 Å². The lowest BCUT2D eigenvalue weighted by atomic mass is 9.95. The molecule has 1 N–H and O–H groups in total. The minimum Gasteiger partial charge on any atom is -0.373 e. The molecule has 1 aliphatic rings. The summed E-state index contributed by atoms with van der Waals surface area (Å²) >= 11 is 0. The van der Waals surface area contributed by atoms with E-state index in [-0.39, 0.29) is 35.2 Å². The standard InChI is InChI=1S/C21H14F6N2O3/c1-29(20(31)9-2-3-12(13(22)4-9)21(25,26)27)17-8-32-7-16-18(17)10-5-14(23)15(24)6-11(10)19(30)28-16/h2-6,17H,7-8H2,1H3,(H,28,30). The summed E-state index contributed by atoms with van der Waals surface area (Å²) in [7, 11) is 1.30. The molecule has 0 bridgehead atoms. The van der Waals surface area contributed by atoms with E-state index in [2.05, 4.69) is 4.98 Å². The Bertz CT molecular complexity index is 1300. The number of rotatable bonds is 2. The summed E-state index contributed by atoms with van der Waals surface area (Å²) in [5, 5.41) is -0.0785. The lowest BCUT2D eigenvalue weighted by Gasteiger charge is -2.34. The Kier molecular flexibility index (Phi) is 5.24. The van der Waals surface area contributed by atoms with Gasteiger partial charge in [-0.1, -0.05) is 0 Å². The summed E-state index contributed by atoms with van der Waals surface area (Å²) in [4.78, 5) is 28.8. The second-order valence-electron chi connectivity index (χ2n) is 7.30. The summed E-state index contributed by atoms with van der Waals surface area (Å²) in [6.45, 7) is -0.161. The maximum atomic E-state index is 14.0. The molecule has 4 rings (SSSR count). The smallest absolute Gasteiger partial charge is 0.373 e. The fourth-order valence-electron chi connectivity index (χ4n) is 3.77. The summed E-state index contributed by atoms with van der Waals surface area (Å²) in [6, 6.07) is 2.45. The average molecular weight is 456 g/mol. The number of carbonyl (C=O) groups excluding carboxylic acids is 1. The fourth-order valence-corrected chi connectivity index (χ4v) is 3.77. The first kappa shape index (κ1) is 21.9. The van der Waals surface area contributed by atoms with E-state index in [0.29, 0.717) is 17.7 Å². The second kappa shape index (κ2) is 7.66. The fraction of sp³-hybridized carbons (Fsp3) is 0.238. The SMILES string of the molecule is CN(C(=O)c1ccc(C(F)(F)F)c(F)c1)C1COCc2[nH]c(=O)c3cc(F)c(F)cc3c21. The van der Waals surface area contributed by atoms with E-state index >= 15 is 0 Å². The molecule has 1 aromatic heterocycles. The van der Waals surface area contributed by atoms with Gasteiger partial charge in [-0.3, -0.25) is 9.59 Å². The number of nitrogens with one attached hydrogen (secondary N) is 1. The third-order valence-corrected chi connectivity index (χ3v) is 5.35. The van der Waals surface area contributed by atoms with Crippen molar-refractivity contribution in [1.29, 1.82) is 0 Å². The average Bonchev–Trinajstić information content (AvgIpc) is 2.72. The Balaban J connectivity index is 1.79. The van der Waals surface area contributed by atoms with E-state index < -0.39 is 46.7 Å². The van der Waals surface area contributed by atoms with Gasteiger partial charge in [0.25, 0.3) is 11.5 Å². The van der Waals surface area contributed by atoms with Crippen LogP contribution in [0.1, 0.15) is 33.2 Å². The Morgan fingerprint density at radius 1 is 1.06 bits per heavy atom. The van der Waals surface area contributed by atoms with Crippen LogP contribution in [0.15, 0.2) is 35.1 Å². The van der Waals surface area contributed by atoms with Crippen LogP contribution in [0.2, 0.25) is 0 Å². The van der Waals surface area contributed by atoms with Crippen LogP contribution in [-0.2, 0) is 17.5 Å². The predicted octanol–water partition coefficient (Wildman–Crippen LogP) is 4.31. The van der Waals surface area contributed by atoms with Gasteiger partial charge < -0.3 is 14.6 Å². The third-order valence-electron chi connectivity index (χ3n) is 5.35. The first-order valence-electron chi connectivity index (χ1n) is 9.24. The van der Waals surface area contributed by atoms with Crippen molar-refractivity contribution in [2.45, 2.75) is 18.8 Å². The first-order chi connectivity index (χ1) is 15.0. The van der Waals surface area contributed by atoms with Crippen LogP contribution in [0.5, 0.6) is 0 Å². The highest BCUT2D eigenvalue weighted by Crippen LogP contribution is 2.35. The molecule has 2 heterocycles. The van der Waals surface area contributed by atoms with Crippen molar-refractivity contribution < 1.29 is 35.9 Å². The molecule has 0 radical (unpaired) electrons. The molecule has 0 saturated carbocycles. The Morgan fingerprint density at radius 2 is 1.72 bits per heavy atom. The lowest BCUT2D eigenvalue weighted by Crippen LogP contribution is -2.37. The van der Waals surface area contributed by atoms with Gasteiger partial charge in [0.2, 0.25) is 0 Å². The van der Waals surface area contributed by atoms with E-state index in [9.17, 15) is 35.9 Å². The number of aromatic amines is 1. The van der Waals surface area contributed by atoms with Crippen molar-refractivity contribution in [3.05, 3.63) is 80.5 Å². The zero-order valence-corrected chi connectivity index (χ0v) is 16.3. The zero-order chi connectivity index (χ0) is 23.4. The van der Waals surface area contributed by atoms with Gasteiger partial charge in [-0.2, -0.15) is 13.2 Å². The Morgan fingerprint density at radius 3 is 2.34 bits per heavy atom. The van der Waals surface area contributed by atoms with Crippen molar-refractivity contribution in [1.82, 2.24) is 9.88 Å². The molecule has 5 nitrogen and oxygen atoms in total. The van der Waals surface area contributed by atoms with Crippen molar-refractivity contribution in [2.75, 3.05) is 13.7 Å². The van der Waals surface area contributed by atoms with Crippen LogP contribution in [0.4, 0.5) is 26.3 Å². The minimum absolute atomic E-state index is 0.0626. The lowest BCUT2D eigenvalue weighted by molar-refractivity contribution is -0.140. The number of carbonyl (C=O) groups is 1. The molecule has 0 aliphatic carbocycles. The monoisotopic (exact) mass is 456 g/mol. The molecule has 1 unspecified atom stereocenters. The van der Waals surface area contributed by atoms with Gasteiger partial charge in [-0.15, -0.1) is 0 Å². The number of nitrogens with zero attached hydrogens (tertiary/aromatic N) is 1. The van der Waals surface area contributed by atoms with Gasteiger partial charge in [0.05, 0.1) is 30.2 Å². The van der Waals surface area contributed by atoms with Crippen LogP contribution in [0.3, 0.4) is 0 Å². The number of ether oxygens (including phenoxy) is 1. The number of likely N-dealkylation sites (N-methyl/N-ethyl adjacent to an activating group) is 1. The van der Waals surface area contributed by atoms with Crippen LogP contribution in [-0.4, -0.2) is 29.4 Å². The quantitative estimate of drug-likeness (QED) is 0.585. The van der Waals surface area contributed by atoms with Crippen molar-refractivity contribution in [3.8, 4) is 0 Å². The molecule has 1 aliphatic heterocycles. The normalized spacial score (nSPS) is 16.2. The first-order valence-corrected chi connectivity index (χ1v) is 9.24. The highest BCUT2D eigenvalue weighted by molar-refractivity contribution is 5.95. The van der Waals surface area contributed by atoms with Crippen LogP contribution < -0.4 is 5.56 Å². The molecule has 168 valence electrons. The maximum Gasteiger partial charge on any atom is 0.419 e. The highest BCUT2D eigenvalue weighted by atomic mass is 19.4. The number of hydrogen-bond donors (Lipinski definition) is 1. The van der Waals surface area contributed by atoms with Gasteiger partial charge in [-0.05, 0) is 35.7 Å². The summed E-state index contributed by atoms with van der Waals surface area (Å²) in [6.07, 6.45) is -4.92. The molecule has 0 spiro atoms.